The Labute approximate surface area is 167 Å². The highest BCUT2D eigenvalue weighted by molar-refractivity contribution is 5.99. The number of carbonyl (C=O) groups excluding carboxylic acids is 1. The Bertz CT molecular complexity index is 1040. The number of hydrazone groups is 1. The molecule has 7 heteroatoms. The first-order valence-electron chi connectivity index (χ1n) is 8.80. The van der Waals surface area contributed by atoms with Crippen LogP contribution in [0.1, 0.15) is 21.5 Å². The maximum Gasteiger partial charge on any atom is 0.273 e. The van der Waals surface area contributed by atoms with Crippen molar-refractivity contribution in [3.63, 3.8) is 0 Å². The number of ether oxygens (including phenoxy) is 2. The molecule has 6 nitrogen and oxygen atoms in total. The first-order chi connectivity index (χ1) is 14.1. The number of nitrogen functional groups attached to an aromatic ring is 1. The number of hydrogen-bond acceptors (Lipinski definition) is 5. The van der Waals surface area contributed by atoms with Gasteiger partial charge in [0.05, 0.1) is 18.9 Å². The molecule has 0 bridgehead atoms. The van der Waals surface area contributed by atoms with E-state index in [1.54, 1.807) is 60.7 Å². The van der Waals surface area contributed by atoms with E-state index in [2.05, 4.69) is 10.5 Å². The molecule has 0 radical (unpaired) electrons. The van der Waals surface area contributed by atoms with Gasteiger partial charge in [-0.25, -0.2) is 9.82 Å². The first kappa shape index (κ1) is 19.9. The van der Waals surface area contributed by atoms with Crippen LogP contribution < -0.4 is 20.6 Å². The molecular formula is C22H20FN3O3. The van der Waals surface area contributed by atoms with Crippen molar-refractivity contribution in [3.8, 4) is 11.5 Å². The number of amides is 1. The van der Waals surface area contributed by atoms with Crippen LogP contribution in [-0.4, -0.2) is 19.2 Å². The highest BCUT2D eigenvalue weighted by Gasteiger charge is 2.09. The molecule has 0 saturated carbocycles. The molecule has 3 aromatic rings. The molecule has 0 atom stereocenters. The summed E-state index contributed by atoms with van der Waals surface area (Å²) in [5.74, 6) is 0.194. The minimum atomic E-state index is -0.406. The third-order valence-electron chi connectivity index (χ3n) is 4.11. The zero-order chi connectivity index (χ0) is 20.6. The smallest absolute Gasteiger partial charge is 0.273 e. The second-order valence-electron chi connectivity index (χ2n) is 6.08. The highest BCUT2D eigenvalue weighted by atomic mass is 19.1. The average Bonchev–Trinajstić information content (AvgIpc) is 2.74. The molecule has 0 heterocycles. The SMILES string of the molecule is COc1cc(/C=N\NC(=O)c2ccccc2N)ccc1OCc1ccccc1F. The lowest BCUT2D eigenvalue weighted by Crippen LogP contribution is -2.19. The van der Waals surface area contributed by atoms with Gasteiger partial charge in [0.2, 0.25) is 0 Å². The molecule has 3 rings (SSSR count). The van der Waals surface area contributed by atoms with E-state index >= 15 is 0 Å². The Balaban J connectivity index is 1.65. The van der Waals surface area contributed by atoms with Crippen molar-refractivity contribution in [2.75, 3.05) is 12.8 Å². The van der Waals surface area contributed by atoms with Crippen molar-refractivity contribution < 1.29 is 18.7 Å². The molecule has 148 valence electrons. The van der Waals surface area contributed by atoms with E-state index in [4.69, 9.17) is 15.2 Å². The predicted molar refractivity (Wildman–Crippen MR) is 110 cm³/mol. The minimum Gasteiger partial charge on any atom is -0.493 e. The quantitative estimate of drug-likeness (QED) is 0.364. The van der Waals surface area contributed by atoms with Crippen LogP contribution in [0.2, 0.25) is 0 Å². The third kappa shape index (κ3) is 5.10. The maximum absolute atomic E-state index is 13.7. The summed E-state index contributed by atoms with van der Waals surface area (Å²) in [5.41, 5.74) is 10.1. The van der Waals surface area contributed by atoms with Crippen LogP contribution in [0.5, 0.6) is 11.5 Å². The molecule has 29 heavy (non-hydrogen) atoms. The van der Waals surface area contributed by atoms with Crippen molar-refractivity contribution in [3.05, 3.63) is 89.2 Å². The number of rotatable bonds is 7. The number of anilines is 1. The molecule has 0 unspecified atom stereocenters. The number of nitrogens with one attached hydrogen (secondary N) is 1. The molecule has 1 amide bonds. The Kier molecular flexibility index (Phi) is 6.42. The Morgan fingerprint density at radius 3 is 2.62 bits per heavy atom. The van der Waals surface area contributed by atoms with Crippen molar-refractivity contribution in [1.29, 1.82) is 0 Å². The van der Waals surface area contributed by atoms with Crippen LogP contribution in [0.3, 0.4) is 0 Å². The Morgan fingerprint density at radius 1 is 1.10 bits per heavy atom. The Morgan fingerprint density at radius 2 is 1.86 bits per heavy atom. The molecule has 3 N–H and O–H groups in total. The summed E-state index contributed by atoms with van der Waals surface area (Å²) in [6.07, 6.45) is 1.47. The van der Waals surface area contributed by atoms with Gasteiger partial charge >= 0.3 is 0 Å². The van der Waals surface area contributed by atoms with Gasteiger partial charge in [0.25, 0.3) is 5.91 Å². The van der Waals surface area contributed by atoms with Crippen molar-refractivity contribution in [2.45, 2.75) is 6.61 Å². The Hall–Kier alpha value is -3.87. The molecule has 0 spiro atoms. The van der Waals surface area contributed by atoms with Crippen molar-refractivity contribution in [1.82, 2.24) is 5.43 Å². The summed E-state index contributed by atoms with van der Waals surface area (Å²) in [6.45, 7) is 0.0744. The van der Waals surface area contributed by atoms with Crippen LogP contribution in [-0.2, 0) is 6.61 Å². The van der Waals surface area contributed by atoms with E-state index in [9.17, 15) is 9.18 Å². The highest BCUT2D eigenvalue weighted by Crippen LogP contribution is 2.28. The van der Waals surface area contributed by atoms with Gasteiger partial charge in [0.1, 0.15) is 12.4 Å². The largest absolute Gasteiger partial charge is 0.493 e. The zero-order valence-electron chi connectivity index (χ0n) is 15.8. The third-order valence-corrected chi connectivity index (χ3v) is 4.11. The van der Waals surface area contributed by atoms with Gasteiger partial charge in [0, 0.05) is 11.3 Å². The van der Waals surface area contributed by atoms with Crippen molar-refractivity contribution in [2.24, 2.45) is 5.10 Å². The van der Waals surface area contributed by atoms with E-state index in [0.717, 1.165) is 0 Å². The first-order valence-corrected chi connectivity index (χ1v) is 8.80. The van der Waals surface area contributed by atoms with E-state index < -0.39 is 5.91 Å². The van der Waals surface area contributed by atoms with E-state index in [-0.39, 0.29) is 12.4 Å². The fourth-order valence-corrected chi connectivity index (χ4v) is 2.58. The molecule has 3 aromatic carbocycles. The number of carbonyl (C=O) groups is 1. The van der Waals surface area contributed by atoms with E-state index in [1.807, 2.05) is 0 Å². The van der Waals surface area contributed by atoms with Gasteiger partial charge in [0.15, 0.2) is 11.5 Å². The van der Waals surface area contributed by atoms with Gasteiger partial charge in [-0.15, -0.1) is 0 Å². The number of nitrogens with two attached hydrogens (primary N) is 1. The van der Waals surface area contributed by atoms with Gasteiger partial charge in [-0.3, -0.25) is 4.79 Å². The molecule has 0 aromatic heterocycles. The second kappa shape index (κ2) is 9.36. The lowest BCUT2D eigenvalue weighted by Gasteiger charge is -2.11. The van der Waals surface area contributed by atoms with Crippen molar-refractivity contribution >= 4 is 17.8 Å². The number of methoxy groups -OCH3 is 1. The van der Waals surface area contributed by atoms with Gasteiger partial charge in [-0.05, 0) is 42.0 Å². The number of halogens is 1. The molecule has 0 aliphatic heterocycles. The maximum atomic E-state index is 13.7. The van der Waals surface area contributed by atoms with Crippen LogP contribution in [0.4, 0.5) is 10.1 Å². The number of nitrogens with zero attached hydrogens (tertiary/aromatic N) is 1. The topological polar surface area (TPSA) is 85.9 Å². The fraction of sp³-hybridized carbons (Fsp3) is 0.0909. The summed E-state index contributed by atoms with van der Waals surface area (Å²) in [5, 5.41) is 3.94. The van der Waals surface area contributed by atoms with Crippen LogP contribution in [0, 0.1) is 5.82 Å². The van der Waals surface area contributed by atoms with Gasteiger partial charge in [-0.2, -0.15) is 5.10 Å². The molecule has 0 aliphatic rings. The number of para-hydroxylation sites is 1. The molecule has 0 saturated heterocycles. The summed E-state index contributed by atoms with van der Waals surface area (Å²) < 4.78 is 24.7. The standard InChI is InChI=1S/C22H20FN3O3/c1-28-21-12-15(13-25-26-22(27)17-7-3-5-9-19(17)24)10-11-20(21)29-14-16-6-2-4-8-18(16)23/h2-13H,14,24H2,1H3,(H,26,27)/b25-13-. The second-order valence-corrected chi connectivity index (χ2v) is 6.08. The van der Waals surface area contributed by atoms with Gasteiger partial charge < -0.3 is 15.2 Å². The average molecular weight is 393 g/mol. The predicted octanol–water partition coefficient (Wildman–Crippen LogP) is 3.76. The van der Waals surface area contributed by atoms with Crippen LogP contribution in [0.25, 0.3) is 0 Å². The number of benzene rings is 3. The molecular weight excluding hydrogens is 373 g/mol. The molecule has 0 aliphatic carbocycles. The summed E-state index contributed by atoms with van der Waals surface area (Å²) in [6, 6.07) is 18.3. The summed E-state index contributed by atoms with van der Waals surface area (Å²) >= 11 is 0. The zero-order valence-corrected chi connectivity index (χ0v) is 15.8. The normalized spacial score (nSPS) is 10.7. The van der Waals surface area contributed by atoms with Gasteiger partial charge in [-0.1, -0.05) is 30.3 Å². The number of hydrogen-bond donors (Lipinski definition) is 2. The minimum absolute atomic E-state index is 0.0744. The summed E-state index contributed by atoms with van der Waals surface area (Å²) in [7, 11) is 1.51. The molecule has 0 fully saturated rings. The monoisotopic (exact) mass is 393 g/mol. The van der Waals surface area contributed by atoms with E-state index in [0.29, 0.717) is 33.9 Å². The van der Waals surface area contributed by atoms with Crippen LogP contribution >= 0.6 is 0 Å². The fourth-order valence-electron chi connectivity index (χ4n) is 2.58. The van der Waals surface area contributed by atoms with E-state index in [1.165, 1.54) is 19.4 Å². The summed E-state index contributed by atoms with van der Waals surface area (Å²) in [4.78, 5) is 12.1. The lowest BCUT2D eigenvalue weighted by molar-refractivity contribution is 0.0956. The lowest BCUT2D eigenvalue weighted by atomic mass is 10.2. The van der Waals surface area contributed by atoms with Crippen LogP contribution in [0.15, 0.2) is 71.8 Å².